The first-order valence-corrected chi connectivity index (χ1v) is 8.18. The first-order chi connectivity index (χ1) is 12.1. The van der Waals surface area contributed by atoms with Gasteiger partial charge in [-0.1, -0.05) is 17.7 Å². The Kier molecular flexibility index (Phi) is 4.84. The minimum atomic E-state index is -0.146. The molecule has 2 aromatic carbocycles. The van der Waals surface area contributed by atoms with Gasteiger partial charge in [-0.3, -0.25) is 9.59 Å². The summed E-state index contributed by atoms with van der Waals surface area (Å²) in [7, 11) is 0. The smallest absolute Gasteiger partial charge is 0.244 e. The van der Waals surface area contributed by atoms with E-state index >= 15 is 0 Å². The Balaban J connectivity index is 1.84. The second kappa shape index (κ2) is 7.21. The van der Waals surface area contributed by atoms with Gasteiger partial charge < -0.3 is 14.6 Å². The topological polar surface area (TPSA) is 60.3 Å². The van der Waals surface area contributed by atoms with E-state index in [1.807, 2.05) is 56.3 Å². The van der Waals surface area contributed by atoms with E-state index in [2.05, 4.69) is 5.32 Å². The number of amides is 1. The lowest BCUT2D eigenvalue weighted by atomic mass is 10.2. The van der Waals surface area contributed by atoms with Gasteiger partial charge in [0.25, 0.3) is 0 Å². The van der Waals surface area contributed by atoms with Crippen molar-refractivity contribution < 1.29 is 14.3 Å². The third kappa shape index (κ3) is 3.71. The summed E-state index contributed by atoms with van der Waals surface area (Å²) in [6, 6.07) is 13.2. The first-order valence-electron chi connectivity index (χ1n) is 8.18. The van der Waals surface area contributed by atoms with Crippen LogP contribution in [0, 0.1) is 6.92 Å². The number of rotatable bonds is 6. The average Bonchev–Trinajstić information content (AvgIpc) is 2.94. The molecular formula is C20H20N2O3. The van der Waals surface area contributed by atoms with Crippen LogP contribution in [0.5, 0.6) is 5.75 Å². The van der Waals surface area contributed by atoms with Gasteiger partial charge in [0.15, 0.2) is 6.29 Å². The zero-order valence-corrected chi connectivity index (χ0v) is 14.3. The number of nitrogens with one attached hydrogen (secondary N) is 1. The van der Waals surface area contributed by atoms with Crippen molar-refractivity contribution in [3.05, 3.63) is 59.8 Å². The number of fused-ring (bicyclic) bond motifs is 1. The normalized spacial score (nSPS) is 10.6. The number of nitrogens with zero attached hydrogens (tertiary/aromatic N) is 1. The van der Waals surface area contributed by atoms with Crippen LogP contribution in [0.25, 0.3) is 10.9 Å². The number of carbonyl (C=O) groups excluding carboxylic acids is 2. The molecule has 1 N–H and O–H groups in total. The molecule has 1 amide bonds. The van der Waals surface area contributed by atoms with Crippen molar-refractivity contribution in [3.8, 4) is 5.75 Å². The van der Waals surface area contributed by atoms with E-state index in [1.165, 1.54) is 0 Å². The molecule has 1 heterocycles. The molecule has 0 aliphatic rings. The fourth-order valence-corrected chi connectivity index (χ4v) is 2.78. The zero-order chi connectivity index (χ0) is 17.8. The molecule has 0 saturated heterocycles. The van der Waals surface area contributed by atoms with Crippen molar-refractivity contribution >= 4 is 28.8 Å². The second-order valence-corrected chi connectivity index (χ2v) is 5.86. The van der Waals surface area contributed by atoms with E-state index in [0.717, 1.165) is 28.4 Å². The van der Waals surface area contributed by atoms with Crippen LogP contribution in [-0.2, 0) is 11.3 Å². The SMILES string of the molecule is CCOc1ccc2c(c1)c(C=O)cn2CC(=O)Nc1ccc(C)cc1. The van der Waals surface area contributed by atoms with Gasteiger partial charge in [-0.05, 0) is 44.2 Å². The fourth-order valence-electron chi connectivity index (χ4n) is 2.78. The summed E-state index contributed by atoms with van der Waals surface area (Å²) in [6.07, 6.45) is 2.49. The van der Waals surface area contributed by atoms with Crippen molar-refractivity contribution in [1.82, 2.24) is 4.57 Å². The highest BCUT2D eigenvalue weighted by Crippen LogP contribution is 2.25. The van der Waals surface area contributed by atoms with Crippen molar-refractivity contribution in [2.75, 3.05) is 11.9 Å². The van der Waals surface area contributed by atoms with Gasteiger partial charge in [-0.25, -0.2) is 0 Å². The molecule has 128 valence electrons. The van der Waals surface area contributed by atoms with Gasteiger partial charge in [0, 0.05) is 28.4 Å². The Bertz CT molecular complexity index is 911. The standard InChI is InChI=1S/C20H20N2O3/c1-3-25-17-8-9-19-18(10-17)15(13-23)11-22(19)12-20(24)21-16-6-4-14(2)5-7-16/h4-11,13H,3,12H2,1-2H3,(H,21,24). The highest BCUT2D eigenvalue weighted by molar-refractivity contribution is 5.99. The van der Waals surface area contributed by atoms with Gasteiger partial charge in [0.05, 0.1) is 6.61 Å². The number of hydrogen-bond donors (Lipinski definition) is 1. The van der Waals surface area contributed by atoms with Crippen molar-refractivity contribution in [1.29, 1.82) is 0 Å². The van der Waals surface area contributed by atoms with Crippen LogP contribution < -0.4 is 10.1 Å². The molecule has 0 aliphatic carbocycles. The van der Waals surface area contributed by atoms with Gasteiger partial charge >= 0.3 is 0 Å². The molecule has 5 nitrogen and oxygen atoms in total. The van der Waals surface area contributed by atoms with Crippen LogP contribution in [0.4, 0.5) is 5.69 Å². The number of benzene rings is 2. The number of anilines is 1. The van der Waals surface area contributed by atoms with Crippen LogP contribution in [-0.4, -0.2) is 23.4 Å². The monoisotopic (exact) mass is 336 g/mol. The lowest BCUT2D eigenvalue weighted by Crippen LogP contribution is -2.18. The summed E-state index contributed by atoms with van der Waals surface area (Å²) in [6.45, 7) is 4.59. The average molecular weight is 336 g/mol. The lowest BCUT2D eigenvalue weighted by molar-refractivity contribution is -0.116. The molecular weight excluding hydrogens is 316 g/mol. The molecule has 1 aromatic heterocycles. The number of carbonyl (C=O) groups is 2. The van der Waals surface area contributed by atoms with Crippen LogP contribution in [0.1, 0.15) is 22.8 Å². The predicted molar refractivity (Wildman–Crippen MR) is 98.3 cm³/mol. The summed E-state index contributed by atoms with van der Waals surface area (Å²) in [5.74, 6) is 0.562. The zero-order valence-electron chi connectivity index (χ0n) is 14.3. The van der Waals surface area contributed by atoms with Crippen LogP contribution >= 0.6 is 0 Å². The summed E-state index contributed by atoms with van der Waals surface area (Å²) >= 11 is 0. The van der Waals surface area contributed by atoms with E-state index in [1.54, 1.807) is 10.8 Å². The summed E-state index contributed by atoms with van der Waals surface area (Å²) < 4.78 is 7.26. The molecule has 0 fully saturated rings. The van der Waals surface area contributed by atoms with E-state index in [9.17, 15) is 9.59 Å². The van der Waals surface area contributed by atoms with E-state index in [-0.39, 0.29) is 12.5 Å². The van der Waals surface area contributed by atoms with Crippen LogP contribution in [0.2, 0.25) is 0 Å². The molecule has 0 unspecified atom stereocenters. The van der Waals surface area contributed by atoms with E-state index in [4.69, 9.17) is 4.74 Å². The summed E-state index contributed by atoms with van der Waals surface area (Å²) in [5.41, 5.74) is 3.25. The van der Waals surface area contributed by atoms with E-state index < -0.39 is 0 Å². The highest BCUT2D eigenvalue weighted by Gasteiger charge is 2.12. The minimum Gasteiger partial charge on any atom is -0.494 e. The molecule has 0 atom stereocenters. The van der Waals surface area contributed by atoms with Gasteiger partial charge in [0.2, 0.25) is 5.91 Å². The van der Waals surface area contributed by atoms with Gasteiger partial charge in [0.1, 0.15) is 12.3 Å². The third-order valence-electron chi connectivity index (χ3n) is 3.97. The number of aldehydes is 1. The number of aromatic nitrogens is 1. The van der Waals surface area contributed by atoms with Gasteiger partial charge in [-0.15, -0.1) is 0 Å². The summed E-state index contributed by atoms with van der Waals surface area (Å²) in [5, 5.41) is 3.65. The Labute approximate surface area is 146 Å². The fraction of sp³-hybridized carbons (Fsp3) is 0.200. The number of aryl methyl sites for hydroxylation is 1. The highest BCUT2D eigenvalue weighted by atomic mass is 16.5. The summed E-state index contributed by atoms with van der Waals surface area (Å²) in [4.78, 5) is 23.7. The molecule has 0 aliphatic heterocycles. The number of hydrogen-bond acceptors (Lipinski definition) is 3. The predicted octanol–water partition coefficient (Wildman–Crippen LogP) is 3.80. The largest absolute Gasteiger partial charge is 0.494 e. The van der Waals surface area contributed by atoms with Crippen LogP contribution in [0.3, 0.4) is 0 Å². The molecule has 0 spiro atoms. The number of ether oxygens (including phenoxy) is 1. The molecule has 3 rings (SSSR count). The third-order valence-corrected chi connectivity index (χ3v) is 3.97. The maximum atomic E-state index is 12.3. The molecule has 0 bridgehead atoms. The Hall–Kier alpha value is -3.08. The van der Waals surface area contributed by atoms with Crippen LogP contribution in [0.15, 0.2) is 48.7 Å². The Morgan fingerprint density at radius 3 is 2.64 bits per heavy atom. The van der Waals surface area contributed by atoms with E-state index in [0.29, 0.717) is 17.9 Å². The second-order valence-electron chi connectivity index (χ2n) is 5.86. The molecule has 25 heavy (non-hydrogen) atoms. The minimum absolute atomic E-state index is 0.131. The Morgan fingerprint density at radius 2 is 1.96 bits per heavy atom. The van der Waals surface area contributed by atoms with Crippen molar-refractivity contribution in [3.63, 3.8) is 0 Å². The Morgan fingerprint density at radius 1 is 1.20 bits per heavy atom. The lowest BCUT2D eigenvalue weighted by Gasteiger charge is -2.08. The van der Waals surface area contributed by atoms with Gasteiger partial charge in [-0.2, -0.15) is 0 Å². The quantitative estimate of drug-likeness (QED) is 0.697. The molecule has 3 aromatic rings. The van der Waals surface area contributed by atoms with Crippen molar-refractivity contribution in [2.24, 2.45) is 0 Å². The molecule has 0 saturated carbocycles. The van der Waals surface area contributed by atoms with Crippen molar-refractivity contribution in [2.45, 2.75) is 20.4 Å². The first kappa shape index (κ1) is 16.8. The maximum Gasteiger partial charge on any atom is 0.244 e. The molecule has 0 radical (unpaired) electrons. The molecule has 5 heteroatoms. The maximum absolute atomic E-state index is 12.3.